The van der Waals surface area contributed by atoms with Crippen molar-refractivity contribution in [3.05, 3.63) is 12.3 Å². The van der Waals surface area contributed by atoms with Crippen molar-refractivity contribution < 1.29 is 0 Å². The number of nitrogens with zero attached hydrogens (tertiary/aromatic N) is 3. The van der Waals surface area contributed by atoms with Gasteiger partial charge in [-0.2, -0.15) is 4.98 Å². The topological polar surface area (TPSA) is 41.1 Å². The van der Waals surface area contributed by atoms with Crippen molar-refractivity contribution in [3.8, 4) is 0 Å². The Labute approximate surface area is 98.1 Å². The Morgan fingerprint density at radius 2 is 2.19 bits per heavy atom. The van der Waals surface area contributed by atoms with Gasteiger partial charge in [0.25, 0.3) is 0 Å². The Balaban J connectivity index is 2.65. The zero-order valence-electron chi connectivity index (χ0n) is 10.7. The summed E-state index contributed by atoms with van der Waals surface area (Å²) in [5.41, 5.74) is 0. The molecule has 0 radical (unpaired) electrons. The van der Waals surface area contributed by atoms with E-state index in [0.29, 0.717) is 6.04 Å². The van der Waals surface area contributed by atoms with E-state index in [1.807, 2.05) is 13.1 Å². The fourth-order valence-electron chi connectivity index (χ4n) is 1.40. The van der Waals surface area contributed by atoms with Crippen LogP contribution in [0.2, 0.25) is 0 Å². The molecule has 1 aromatic heterocycles. The monoisotopic (exact) mass is 222 g/mol. The van der Waals surface area contributed by atoms with Gasteiger partial charge >= 0.3 is 0 Å². The van der Waals surface area contributed by atoms with Crippen LogP contribution in [-0.2, 0) is 0 Å². The Morgan fingerprint density at radius 3 is 2.81 bits per heavy atom. The number of aromatic nitrogens is 2. The molecule has 0 amide bonds. The lowest BCUT2D eigenvalue weighted by Crippen LogP contribution is -2.21. The number of hydrogen-bond acceptors (Lipinski definition) is 4. The summed E-state index contributed by atoms with van der Waals surface area (Å²) in [6.45, 7) is 7.39. The molecule has 1 rings (SSSR count). The van der Waals surface area contributed by atoms with Crippen LogP contribution >= 0.6 is 0 Å². The van der Waals surface area contributed by atoms with E-state index in [9.17, 15) is 0 Å². The van der Waals surface area contributed by atoms with Gasteiger partial charge in [0.1, 0.15) is 5.82 Å². The quantitative estimate of drug-likeness (QED) is 0.803. The predicted octanol–water partition coefficient (Wildman–Crippen LogP) is 2.53. The van der Waals surface area contributed by atoms with Crippen LogP contribution in [-0.4, -0.2) is 29.6 Å². The highest BCUT2D eigenvalue weighted by molar-refractivity contribution is 5.41. The summed E-state index contributed by atoms with van der Waals surface area (Å²) in [5, 5.41) is 3.28. The molecule has 16 heavy (non-hydrogen) atoms. The van der Waals surface area contributed by atoms with Gasteiger partial charge in [-0.1, -0.05) is 13.3 Å². The van der Waals surface area contributed by atoms with Crippen LogP contribution in [0.5, 0.6) is 0 Å². The van der Waals surface area contributed by atoms with Crippen LogP contribution < -0.4 is 10.2 Å². The second-order valence-corrected chi connectivity index (χ2v) is 4.32. The summed E-state index contributed by atoms with van der Waals surface area (Å²) in [5.74, 6) is 1.68. The van der Waals surface area contributed by atoms with Gasteiger partial charge in [0.05, 0.1) is 0 Å². The van der Waals surface area contributed by atoms with Gasteiger partial charge in [0.15, 0.2) is 0 Å². The third-order valence-corrected chi connectivity index (χ3v) is 2.27. The third kappa shape index (κ3) is 4.04. The average Bonchev–Trinajstić information content (AvgIpc) is 2.25. The molecule has 4 nitrogen and oxygen atoms in total. The molecule has 90 valence electrons. The Bertz CT molecular complexity index is 312. The van der Waals surface area contributed by atoms with E-state index in [4.69, 9.17) is 0 Å². The van der Waals surface area contributed by atoms with Gasteiger partial charge in [0.2, 0.25) is 5.95 Å². The van der Waals surface area contributed by atoms with Gasteiger partial charge in [0, 0.05) is 25.8 Å². The second kappa shape index (κ2) is 6.30. The molecular formula is C12H22N4. The van der Waals surface area contributed by atoms with Gasteiger partial charge < -0.3 is 10.2 Å². The zero-order valence-corrected chi connectivity index (χ0v) is 10.7. The molecule has 0 bridgehead atoms. The maximum atomic E-state index is 4.47. The second-order valence-electron chi connectivity index (χ2n) is 4.32. The normalized spacial score (nSPS) is 10.6. The molecule has 0 unspecified atom stereocenters. The maximum absolute atomic E-state index is 4.47. The smallest absolute Gasteiger partial charge is 0.226 e. The summed E-state index contributed by atoms with van der Waals surface area (Å²) in [6.07, 6.45) is 4.16. The Morgan fingerprint density at radius 1 is 1.44 bits per heavy atom. The lowest BCUT2D eigenvalue weighted by atomic mass is 10.3. The molecule has 0 saturated carbocycles. The van der Waals surface area contributed by atoms with Gasteiger partial charge in [-0.05, 0) is 26.3 Å². The number of hydrogen-bond donors (Lipinski definition) is 1. The van der Waals surface area contributed by atoms with Crippen molar-refractivity contribution in [2.75, 3.05) is 23.8 Å². The molecule has 0 aliphatic heterocycles. The molecule has 0 fully saturated rings. The molecule has 1 N–H and O–H groups in total. The number of unbranched alkanes of at least 4 members (excludes halogenated alkanes) is 1. The van der Waals surface area contributed by atoms with Crippen molar-refractivity contribution in [2.45, 2.75) is 39.7 Å². The maximum Gasteiger partial charge on any atom is 0.226 e. The van der Waals surface area contributed by atoms with Crippen molar-refractivity contribution >= 4 is 11.8 Å². The summed E-state index contributed by atoms with van der Waals surface area (Å²) in [4.78, 5) is 10.8. The lowest BCUT2D eigenvalue weighted by Gasteiger charge is -2.17. The molecule has 1 heterocycles. The lowest BCUT2D eigenvalue weighted by molar-refractivity contribution is 0.749. The van der Waals surface area contributed by atoms with Crippen LogP contribution in [0.15, 0.2) is 12.3 Å². The molecule has 1 aromatic rings. The van der Waals surface area contributed by atoms with Gasteiger partial charge in [-0.25, -0.2) is 4.98 Å². The van der Waals surface area contributed by atoms with E-state index < -0.39 is 0 Å². The van der Waals surface area contributed by atoms with Gasteiger partial charge in [-0.3, -0.25) is 0 Å². The summed E-state index contributed by atoms with van der Waals surface area (Å²) in [6, 6.07) is 2.29. The Hall–Kier alpha value is -1.32. The summed E-state index contributed by atoms with van der Waals surface area (Å²) >= 11 is 0. The molecule has 0 spiro atoms. The molecule has 4 heteroatoms. The van der Waals surface area contributed by atoms with Crippen molar-refractivity contribution in [3.63, 3.8) is 0 Å². The van der Waals surface area contributed by atoms with E-state index >= 15 is 0 Å². The van der Waals surface area contributed by atoms with Gasteiger partial charge in [-0.15, -0.1) is 0 Å². The van der Waals surface area contributed by atoms with Crippen molar-refractivity contribution in [1.29, 1.82) is 0 Å². The minimum Gasteiger partial charge on any atom is -0.368 e. The minimum atomic E-state index is 0.392. The fraction of sp³-hybridized carbons (Fsp3) is 0.667. The van der Waals surface area contributed by atoms with E-state index in [2.05, 4.69) is 41.0 Å². The summed E-state index contributed by atoms with van der Waals surface area (Å²) in [7, 11) is 2.03. The summed E-state index contributed by atoms with van der Waals surface area (Å²) < 4.78 is 0. The Kier molecular flexibility index (Phi) is 5.02. The molecular weight excluding hydrogens is 200 g/mol. The predicted molar refractivity (Wildman–Crippen MR) is 69.0 cm³/mol. The SMILES string of the molecule is CCCCN(C)c1nccc(NC(C)C)n1. The van der Waals surface area contributed by atoms with E-state index in [1.54, 1.807) is 6.20 Å². The first-order valence-electron chi connectivity index (χ1n) is 5.94. The highest BCUT2D eigenvalue weighted by Gasteiger charge is 2.05. The number of rotatable bonds is 6. The van der Waals surface area contributed by atoms with Crippen LogP contribution in [0, 0.1) is 0 Å². The molecule has 0 atom stereocenters. The standard InChI is InChI=1S/C12H22N4/c1-5-6-9-16(4)12-13-8-7-11(15-12)14-10(2)3/h7-8,10H,5-6,9H2,1-4H3,(H,13,14,15). The first-order chi connectivity index (χ1) is 7.63. The molecule has 0 saturated heterocycles. The zero-order chi connectivity index (χ0) is 12.0. The van der Waals surface area contributed by atoms with Crippen LogP contribution in [0.3, 0.4) is 0 Å². The first kappa shape index (κ1) is 12.7. The van der Waals surface area contributed by atoms with E-state index in [1.165, 1.54) is 12.8 Å². The minimum absolute atomic E-state index is 0.392. The average molecular weight is 222 g/mol. The number of nitrogens with one attached hydrogen (secondary N) is 1. The highest BCUT2D eigenvalue weighted by Crippen LogP contribution is 2.10. The number of anilines is 2. The van der Waals surface area contributed by atoms with E-state index in [-0.39, 0.29) is 0 Å². The van der Waals surface area contributed by atoms with Crippen molar-refractivity contribution in [2.24, 2.45) is 0 Å². The fourth-order valence-corrected chi connectivity index (χ4v) is 1.40. The highest BCUT2D eigenvalue weighted by atomic mass is 15.2. The van der Waals surface area contributed by atoms with Crippen LogP contribution in [0.1, 0.15) is 33.6 Å². The largest absolute Gasteiger partial charge is 0.368 e. The molecule has 0 aliphatic carbocycles. The van der Waals surface area contributed by atoms with Crippen LogP contribution in [0.25, 0.3) is 0 Å². The first-order valence-corrected chi connectivity index (χ1v) is 5.94. The van der Waals surface area contributed by atoms with Crippen LogP contribution in [0.4, 0.5) is 11.8 Å². The molecule has 0 aliphatic rings. The van der Waals surface area contributed by atoms with E-state index in [0.717, 1.165) is 18.3 Å². The van der Waals surface area contributed by atoms with Crippen molar-refractivity contribution in [1.82, 2.24) is 9.97 Å². The third-order valence-electron chi connectivity index (χ3n) is 2.27. The molecule has 0 aromatic carbocycles.